The van der Waals surface area contributed by atoms with Gasteiger partial charge in [0.15, 0.2) is 0 Å². The van der Waals surface area contributed by atoms with E-state index in [0.717, 1.165) is 49.0 Å². The van der Waals surface area contributed by atoms with Crippen molar-refractivity contribution in [3.63, 3.8) is 0 Å². The molecule has 3 nitrogen and oxygen atoms in total. The molecule has 0 radical (unpaired) electrons. The minimum atomic E-state index is -0.0592. The first kappa shape index (κ1) is 14.8. The van der Waals surface area contributed by atoms with E-state index in [9.17, 15) is 5.11 Å². The van der Waals surface area contributed by atoms with Crippen LogP contribution in [0.3, 0.4) is 0 Å². The summed E-state index contributed by atoms with van der Waals surface area (Å²) in [5, 5.41) is 12.9. The van der Waals surface area contributed by atoms with Crippen molar-refractivity contribution in [2.45, 2.75) is 31.8 Å². The fraction of sp³-hybridized carbons (Fsp3) is 0.600. The van der Waals surface area contributed by atoms with Gasteiger partial charge in [-0.3, -0.25) is 0 Å². The summed E-state index contributed by atoms with van der Waals surface area (Å²) in [7, 11) is 0. The molecular formula is C15H22BrNO2. The molecule has 1 saturated carbocycles. The molecule has 0 saturated heterocycles. The number of aliphatic hydroxyl groups excluding tert-OH is 1. The average Bonchev–Trinajstić information content (AvgIpc) is 2.41. The Morgan fingerprint density at radius 3 is 2.79 bits per heavy atom. The lowest BCUT2D eigenvalue weighted by Gasteiger charge is -2.25. The molecule has 2 rings (SSSR count). The summed E-state index contributed by atoms with van der Waals surface area (Å²) in [6, 6.07) is 7.90. The van der Waals surface area contributed by atoms with Crippen LogP contribution in [0.25, 0.3) is 0 Å². The second-order valence-corrected chi connectivity index (χ2v) is 6.10. The van der Waals surface area contributed by atoms with Gasteiger partial charge < -0.3 is 15.2 Å². The van der Waals surface area contributed by atoms with Crippen molar-refractivity contribution < 1.29 is 9.84 Å². The van der Waals surface area contributed by atoms with Crippen LogP contribution >= 0.6 is 15.9 Å². The summed E-state index contributed by atoms with van der Waals surface area (Å²) in [5.41, 5.74) is 0. The predicted octanol–water partition coefficient (Wildman–Crippen LogP) is 2.97. The summed E-state index contributed by atoms with van der Waals surface area (Å²) >= 11 is 3.43. The molecule has 4 heteroatoms. The monoisotopic (exact) mass is 327 g/mol. The van der Waals surface area contributed by atoms with Gasteiger partial charge in [-0.2, -0.15) is 0 Å². The van der Waals surface area contributed by atoms with E-state index < -0.39 is 0 Å². The maximum atomic E-state index is 9.44. The summed E-state index contributed by atoms with van der Waals surface area (Å²) in [6.07, 6.45) is 4.14. The number of ether oxygens (including phenoxy) is 1. The van der Waals surface area contributed by atoms with E-state index >= 15 is 0 Å². The molecule has 0 atom stereocenters. The molecule has 0 aromatic heterocycles. The second-order valence-electron chi connectivity index (χ2n) is 5.18. The molecule has 0 aliphatic heterocycles. The van der Waals surface area contributed by atoms with Gasteiger partial charge in [0.1, 0.15) is 12.4 Å². The van der Waals surface area contributed by atoms with E-state index in [-0.39, 0.29) is 6.10 Å². The van der Waals surface area contributed by atoms with Gasteiger partial charge in [-0.15, -0.1) is 0 Å². The summed E-state index contributed by atoms with van der Waals surface area (Å²) in [6.45, 7) is 2.59. The van der Waals surface area contributed by atoms with E-state index in [1.54, 1.807) is 0 Å². The topological polar surface area (TPSA) is 41.5 Å². The predicted molar refractivity (Wildman–Crippen MR) is 80.5 cm³/mol. The highest BCUT2D eigenvalue weighted by atomic mass is 79.9. The lowest BCUT2D eigenvalue weighted by atomic mass is 9.87. The maximum Gasteiger partial charge on any atom is 0.120 e. The molecule has 0 bridgehead atoms. The van der Waals surface area contributed by atoms with Gasteiger partial charge in [-0.05, 0) is 56.3 Å². The smallest absolute Gasteiger partial charge is 0.120 e. The Hall–Kier alpha value is -0.580. The van der Waals surface area contributed by atoms with Crippen LogP contribution in [-0.4, -0.2) is 30.9 Å². The molecule has 0 unspecified atom stereocenters. The summed E-state index contributed by atoms with van der Waals surface area (Å²) in [4.78, 5) is 0. The van der Waals surface area contributed by atoms with E-state index in [0.29, 0.717) is 12.5 Å². The lowest BCUT2D eigenvalue weighted by molar-refractivity contribution is 0.108. The zero-order chi connectivity index (χ0) is 13.5. The Labute approximate surface area is 123 Å². The molecule has 1 aliphatic rings. The molecule has 1 aliphatic carbocycles. The van der Waals surface area contributed by atoms with Crippen molar-refractivity contribution in [3.05, 3.63) is 28.7 Å². The molecule has 19 heavy (non-hydrogen) atoms. The van der Waals surface area contributed by atoms with E-state index in [1.807, 2.05) is 24.3 Å². The molecule has 1 aromatic carbocycles. The Morgan fingerprint density at radius 2 is 2.05 bits per heavy atom. The van der Waals surface area contributed by atoms with Gasteiger partial charge in [0.2, 0.25) is 0 Å². The summed E-state index contributed by atoms with van der Waals surface area (Å²) in [5.74, 6) is 1.62. The zero-order valence-corrected chi connectivity index (χ0v) is 12.7. The second kappa shape index (κ2) is 7.88. The van der Waals surface area contributed by atoms with Crippen molar-refractivity contribution in [1.29, 1.82) is 0 Å². The first-order valence-corrected chi connectivity index (χ1v) is 7.80. The number of aliphatic hydroxyl groups is 1. The van der Waals surface area contributed by atoms with Crippen LogP contribution < -0.4 is 10.1 Å². The SMILES string of the molecule is OC1CCC(CNCCOc2cccc(Br)c2)CC1. The first-order chi connectivity index (χ1) is 9.24. The van der Waals surface area contributed by atoms with E-state index in [4.69, 9.17) is 4.74 Å². The van der Waals surface area contributed by atoms with Crippen LogP contribution in [0.2, 0.25) is 0 Å². The molecule has 1 aromatic rings. The molecule has 1 fully saturated rings. The minimum absolute atomic E-state index is 0.0592. The van der Waals surface area contributed by atoms with Gasteiger partial charge >= 0.3 is 0 Å². The molecule has 106 valence electrons. The third kappa shape index (κ3) is 5.51. The maximum absolute atomic E-state index is 9.44. The van der Waals surface area contributed by atoms with Gasteiger partial charge in [-0.1, -0.05) is 22.0 Å². The van der Waals surface area contributed by atoms with Crippen LogP contribution in [-0.2, 0) is 0 Å². The molecule has 0 heterocycles. The van der Waals surface area contributed by atoms with Gasteiger partial charge in [0.05, 0.1) is 6.10 Å². The number of nitrogens with one attached hydrogen (secondary N) is 1. The third-order valence-electron chi connectivity index (χ3n) is 3.59. The van der Waals surface area contributed by atoms with Gasteiger partial charge in [0.25, 0.3) is 0 Å². The highest BCUT2D eigenvalue weighted by molar-refractivity contribution is 9.10. The van der Waals surface area contributed by atoms with E-state index in [2.05, 4.69) is 21.2 Å². The lowest BCUT2D eigenvalue weighted by Crippen LogP contribution is -2.30. The van der Waals surface area contributed by atoms with Crippen molar-refractivity contribution in [1.82, 2.24) is 5.32 Å². The minimum Gasteiger partial charge on any atom is -0.492 e. The van der Waals surface area contributed by atoms with Crippen molar-refractivity contribution >= 4 is 15.9 Å². The van der Waals surface area contributed by atoms with Crippen LogP contribution in [0.15, 0.2) is 28.7 Å². The zero-order valence-electron chi connectivity index (χ0n) is 11.1. The van der Waals surface area contributed by atoms with Gasteiger partial charge in [-0.25, -0.2) is 0 Å². The van der Waals surface area contributed by atoms with Crippen LogP contribution in [0.5, 0.6) is 5.75 Å². The van der Waals surface area contributed by atoms with Gasteiger partial charge in [0, 0.05) is 11.0 Å². The number of rotatable bonds is 6. The molecular weight excluding hydrogens is 306 g/mol. The quantitative estimate of drug-likeness (QED) is 0.789. The molecule has 0 amide bonds. The number of halogens is 1. The van der Waals surface area contributed by atoms with Crippen molar-refractivity contribution in [2.24, 2.45) is 5.92 Å². The van der Waals surface area contributed by atoms with Crippen LogP contribution in [0, 0.1) is 5.92 Å². The summed E-state index contributed by atoms with van der Waals surface area (Å²) < 4.78 is 6.70. The largest absolute Gasteiger partial charge is 0.492 e. The van der Waals surface area contributed by atoms with Crippen LogP contribution in [0.4, 0.5) is 0 Å². The molecule has 2 N–H and O–H groups in total. The fourth-order valence-corrected chi connectivity index (χ4v) is 2.83. The highest BCUT2D eigenvalue weighted by Crippen LogP contribution is 2.23. The van der Waals surface area contributed by atoms with Crippen molar-refractivity contribution in [2.75, 3.05) is 19.7 Å². The Bertz CT molecular complexity index is 378. The Balaban J connectivity index is 1.55. The van der Waals surface area contributed by atoms with E-state index in [1.165, 1.54) is 0 Å². The number of hydrogen-bond acceptors (Lipinski definition) is 3. The number of benzene rings is 1. The Kier molecular flexibility index (Phi) is 6.14. The average molecular weight is 328 g/mol. The Morgan fingerprint density at radius 1 is 1.26 bits per heavy atom. The number of hydrogen-bond donors (Lipinski definition) is 2. The highest BCUT2D eigenvalue weighted by Gasteiger charge is 2.18. The first-order valence-electron chi connectivity index (χ1n) is 7.01. The third-order valence-corrected chi connectivity index (χ3v) is 4.09. The standard InChI is InChI=1S/C15H22BrNO2/c16-13-2-1-3-15(10-13)19-9-8-17-11-12-4-6-14(18)7-5-12/h1-3,10,12,14,17-18H,4-9,11H2. The fourth-order valence-electron chi connectivity index (χ4n) is 2.45. The van der Waals surface area contributed by atoms with Crippen LogP contribution in [0.1, 0.15) is 25.7 Å². The molecule has 0 spiro atoms. The normalized spacial score (nSPS) is 23.3. The van der Waals surface area contributed by atoms with Crippen molar-refractivity contribution in [3.8, 4) is 5.75 Å².